The molecular formula is C16H17N3O3S. The molecule has 0 bridgehead atoms. The third-order valence-corrected chi connectivity index (χ3v) is 4.26. The van der Waals surface area contributed by atoms with Crippen molar-refractivity contribution in [1.82, 2.24) is 0 Å². The van der Waals surface area contributed by atoms with Gasteiger partial charge in [-0.1, -0.05) is 18.2 Å². The first kappa shape index (κ1) is 16.7. The fraction of sp³-hybridized carbons (Fsp3) is 0.188. The highest BCUT2D eigenvalue weighted by Gasteiger charge is 2.21. The Hall–Kier alpha value is -2.67. The second-order valence-corrected chi connectivity index (χ2v) is 5.80. The number of para-hydroxylation sites is 1. The molecular weight excluding hydrogens is 314 g/mol. The number of carbonyl (C=O) groups excluding carboxylic acids is 3. The minimum absolute atomic E-state index is 0.116. The molecule has 1 aromatic carbocycles. The SMILES string of the molecule is CC(=O)N(C(=O)CNc1scc(C)c1C(N)=O)c1ccccc1. The Morgan fingerprint density at radius 2 is 1.87 bits per heavy atom. The third kappa shape index (κ3) is 3.75. The van der Waals surface area contributed by atoms with E-state index in [4.69, 9.17) is 5.73 Å². The van der Waals surface area contributed by atoms with Gasteiger partial charge in [-0.25, -0.2) is 4.90 Å². The number of anilines is 2. The van der Waals surface area contributed by atoms with E-state index in [1.807, 2.05) is 0 Å². The number of hydrogen-bond donors (Lipinski definition) is 2. The van der Waals surface area contributed by atoms with Gasteiger partial charge in [0.05, 0.1) is 17.8 Å². The highest BCUT2D eigenvalue weighted by Crippen LogP contribution is 2.27. The van der Waals surface area contributed by atoms with Crippen LogP contribution in [0.4, 0.5) is 10.7 Å². The van der Waals surface area contributed by atoms with E-state index in [0.717, 1.165) is 10.5 Å². The van der Waals surface area contributed by atoms with Crippen molar-refractivity contribution in [2.24, 2.45) is 5.73 Å². The van der Waals surface area contributed by atoms with Crippen molar-refractivity contribution in [3.05, 3.63) is 46.8 Å². The van der Waals surface area contributed by atoms with E-state index in [1.54, 1.807) is 42.6 Å². The number of aryl methyl sites for hydroxylation is 1. The molecule has 0 fully saturated rings. The summed E-state index contributed by atoms with van der Waals surface area (Å²) in [4.78, 5) is 36.7. The zero-order valence-corrected chi connectivity index (χ0v) is 13.6. The van der Waals surface area contributed by atoms with Gasteiger partial charge in [0.1, 0.15) is 5.00 Å². The summed E-state index contributed by atoms with van der Waals surface area (Å²) in [6.07, 6.45) is 0. The number of hydrogen-bond acceptors (Lipinski definition) is 5. The molecule has 0 saturated carbocycles. The Balaban J connectivity index is 2.15. The number of imide groups is 1. The average Bonchev–Trinajstić information content (AvgIpc) is 2.87. The molecule has 3 amide bonds. The molecule has 120 valence electrons. The maximum Gasteiger partial charge on any atom is 0.253 e. The maximum absolute atomic E-state index is 12.4. The standard InChI is InChI=1S/C16H17N3O3S/c1-10-9-23-16(14(10)15(17)22)18-8-13(21)19(11(2)20)12-6-4-3-5-7-12/h3-7,9,18H,8H2,1-2H3,(H2,17,22). The number of carbonyl (C=O) groups is 3. The summed E-state index contributed by atoms with van der Waals surface area (Å²) in [5.41, 5.74) is 6.97. The van der Waals surface area contributed by atoms with E-state index in [-0.39, 0.29) is 12.5 Å². The van der Waals surface area contributed by atoms with Crippen LogP contribution in [0, 0.1) is 6.92 Å². The van der Waals surface area contributed by atoms with E-state index < -0.39 is 11.8 Å². The number of primary amides is 1. The number of nitrogens with one attached hydrogen (secondary N) is 1. The molecule has 0 spiro atoms. The summed E-state index contributed by atoms with van der Waals surface area (Å²) in [6.45, 7) is 2.99. The highest BCUT2D eigenvalue weighted by molar-refractivity contribution is 7.14. The number of nitrogens with two attached hydrogens (primary N) is 1. The number of amides is 3. The monoisotopic (exact) mass is 331 g/mol. The average molecular weight is 331 g/mol. The number of benzene rings is 1. The summed E-state index contributed by atoms with van der Waals surface area (Å²) in [5, 5.41) is 5.21. The van der Waals surface area contributed by atoms with Crippen molar-refractivity contribution in [1.29, 1.82) is 0 Å². The quantitative estimate of drug-likeness (QED) is 0.878. The van der Waals surface area contributed by atoms with Crippen LogP contribution in [0.1, 0.15) is 22.8 Å². The van der Waals surface area contributed by atoms with Crippen LogP contribution in [0.5, 0.6) is 0 Å². The largest absolute Gasteiger partial charge is 0.367 e. The molecule has 2 aromatic rings. The van der Waals surface area contributed by atoms with E-state index in [2.05, 4.69) is 5.32 Å². The molecule has 0 aliphatic rings. The maximum atomic E-state index is 12.4. The van der Waals surface area contributed by atoms with Gasteiger partial charge in [-0.3, -0.25) is 14.4 Å². The molecule has 0 radical (unpaired) electrons. The lowest BCUT2D eigenvalue weighted by molar-refractivity contribution is -0.124. The van der Waals surface area contributed by atoms with Crippen LogP contribution in [-0.2, 0) is 9.59 Å². The smallest absolute Gasteiger partial charge is 0.253 e. The van der Waals surface area contributed by atoms with Crippen LogP contribution in [-0.4, -0.2) is 24.3 Å². The van der Waals surface area contributed by atoms with E-state index in [1.165, 1.54) is 18.3 Å². The molecule has 3 N–H and O–H groups in total. The van der Waals surface area contributed by atoms with Crippen LogP contribution in [0.3, 0.4) is 0 Å². The molecule has 1 aromatic heterocycles. The lowest BCUT2D eigenvalue weighted by Crippen LogP contribution is -2.39. The lowest BCUT2D eigenvalue weighted by Gasteiger charge is -2.19. The van der Waals surface area contributed by atoms with Crippen LogP contribution >= 0.6 is 11.3 Å². The highest BCUT2D eigenvalue weighted by atomic mass is 32.1. The van der Waals surface area contributed by atoms with Crippen molar-refractivity contribution in [3.8, 4) is 0 Å². The van der Waals surface area contributed by atoms with E-state index >= 15 is 0 Å². The first-order valence-electron chi connectivity index (χ1n) is 6.92. The van der Waals surface area contributed by atoms with E-state index in [0.29, 0.717) is 16.3 Å². The molecule has 6 nitrogen and oxygen atoms in total. The fourth-order valence-electron chi connectivity index (χ4n) is 2.19. The Bertz CT molecular complexity index is 740. The lowest BCUT2D eigenvalue weighted by atomic mass is 10.2. The third-order valence-electron chi connectivity index (χ3n) is 3.20. The summed E-state index contributed by atoms with van der Waals surface area (Å²) in [7, 11) is 0. The Morgan fingerprint density at radius 1 is 1.22 bits per heavy atom. The minimum atomic E-state index is -0.551. The van der Waals surface area contributed by atoms with Crippen molar-refractivity contribution in [2.75, 3.05) is 16.8 Å². The fourth-order valence-corrected chi connectivity index (χ4v) is 3.14. The van der Waals surface area contributed by atoms with Crippen LogP contribution < -0.4 is 16.0 Å². The molecule has 23 heavy (non-hydrogen) atoms. The van der Waals surface area contributed by atoms with Crippen LogP contribution in [0.2, 0.25) is 0 Å². The summed E-state index contributed by atoms with van der Waals surface area (Å²) in [6, 6.07) is 8.67. The van der Waals surface area contributed by atoms with Crippen molar-refractivity contribution in [2.45, 2.75) is 13.8 Å². The normalized spacial score (nSPS) is 10.2. The first-order chi connectivity index (χ1) is 10.9. The van der Waals surface area contributed by atoms with Gasteiger partial charge >= 0.3 is 0 Å². The van der Waals surface area contributed by atoms with Gasteiger partial charge in [-0.15, -0.1) is 11.3 Å². The predicted octanol–water partition coefficient (Wildman–Crippen LogP) is 2.15. The molecule has 0 saturated heterocycles. The summed E-state index contributed by atoms with van der Waals surface area (Å²) in [5.74, 6) is -1.34. The van der Waals surface area contributed by atoms with Gasteiger partial charge in [0, 0.05) is 6.92 Å². The topological polar surface area (TPSA) is 92.5 Å². The van der Waals surface area contributed by atoms with Gasteiger partial charge in [-0.05, 0) is 30.0 Å². The molecule has 0 unspecified atom stereocenters. The number of thiophene rings is 1. The number of rotatable bonds is 5. The van der Waals surface area contributed by atoms with Gasteiger partial charge in [0.25, 0.3) is 11.8 Å². The van der Waals surface area contributed by atoms with Crippen molar-refractivity contribution < 1.29 is 14.4 Å². The second kappa shape index (κ2) is 7.06. The second-order valence-electron chi connectivity index (χ2n) is 4.92. The first-order valence-corrected chi connectivity index (χ1v) is 7.80. The molecule has 7 heteroatoms. The van der Waals surface area contributed by atoms with Crippen molar-refractivity contribution >= 4 is 39.7 Å². The zero-order valence-electron chi connectivity index (χ0n) is 12.8. The molecule has 2 rings (SSSR count). The van der Waals surface area contributed by atoms with E-state index in [9.17, 15) is 14.4 Å². The van der Waals surface area contributed by atoms with Gasteiger partial charge in [0.2, 0.25) is 5.91 Å². The molecule has 0 aliphatic carbocycles. The Labute approximate surface area is 137 Å². The van der Waals surface area contributed by atoms with Crippen LogP contribution in [0.15, 0.2) is 35.7 Å². The van der Waals surface area contributed by atoms with Crippen molar-refractivity contribution in [3.63, 3.8) is 0 Å². The predicted molar refractivity (Wildman–Crippen MR) is 90.7 cm³/mol. The van der Waals surface area contributed by atoms with Gasteiger partial charge < -0.3 is 11.1 Å². The zero-order chi connectivity index (χ0) is 17.0. The summed E-state index contributed by atoms with van der Waals surface area (Å²) >= 11 is 1.29. The van der Waals surface area contributed by atoms with Gasteiger partial charge in [0.15, 0.2) is 0 Å². The molecule has 1 heterocycles. The van der Waals surface area contributed by atoms with Gasteiger partial charge in [-0.2, -0.15) is 0 Å². The molecule has 0 aliphatic heterocycles. The summed E-state index contributed by atoms with van der Waals surface area (Å²) < 4.78 is 0. The van der Waals surface area contributed by atoms with Crippen LogP contribution in [0.25, 0.3) is 0 Å². The Morgan fingerprint density at radius 3 is 2.43 bits per heavy atom. The number of nitrogens with zero attached hydrogens (tertiary/aromatic N) is 1. The minimum Gasteiger partial charge on any atom is -0.367 e. The Kier molecular flexibility index (Phi) is 5.13. The molecule has 0 atom stereocenters.